The minimum atomic E-state index is -2.89. The molecule has 0 radical (unpaired) electrons. The van der Waals surface area contributed by atoms with Crippen LogP contribution < -0.4 is 21.6 Å². The molecule has 8 heteroatoms. The highest BCUT2D eigenvalue weighted by Crippen LogP contribution is 2.41. The molecule has 2 heterocycles. The van der Waals surface area contributed by atoms with E-state index in [-0.39, 0.29) is 18.1 Å². The molecule has 0 unspecified atom stereocenters. The third-order valence-electron chi connectivity index (χ3n) is 7.08. The first kappa shape index (κ1) is 26.0. The average molecular weight is 507 g/mol. The molecule has 2 N–H and O–H groups in total. The number of aromatic amines is 1. The first-order valence-electron chi connectivity index (χ1n) is 12.1. The zero-order valence-corrected chi connectivity index (χ0v) is 22.2. The number of rotatable bonds is 7. The van der Waals surface area contributed by atoms with E-state index in [9.17, 15) is 14.7 Å². The van der Waals surface area contributed by atoms with Crippen LogP contribution in [0.1, 0.15) is 39.0 Å². The summed E-state index contributed by atoms with van der Waals surface area (Å²) in [7, 11) is -2.89. The first-order chi connectivity index (χ1) is 17.0. The lowest BCUT2D eigenvalue weighted by molar-refractivity contribution is -0.0940. The van der Waals surface area contributed by atoms with Gasteiger partial charge in [0.05, 0.1) is 12.7 Å². The Bertz CT molecular complexity index is 1290. The number of hydrogen-bond donors (Lipinski definition) is 2. The standard InChI is InChI=1S/C28H34N2O5Si/c1-6-28(23(31)17-24(35-28)30-18-20(2)25(32)29-26(30)33)19-34-36(27(3,4)5,21-13-9-7-10-14-21)22-15-11-8-12-16-22/h6-16,18,23-24,31H,1,17,19H2,2-5H3,(H,29,32,33)/t23-,24+,28+/m0/s1. The Kier molecular flexibility index (Phi) is 7.07. The molecule has 1 aliphatic heterocycles. The van der Waals surface area contributed by atoms with E-state index in [4.69, 9.17) is 9.16 Å². The molecule has 4 rings (SSSR count). The number of nitrogens with zero attached hydrogens (tertiary/aromatic N) is 1. The molecule has 2 aromatic carbocycles. The van der Waals surface area contributed by atoms with E-state index >= 15 is 0 Å². The van der Waals surface area contributed by atoms with Gasteiger partial charge in [-0.05, 0) is 22.3 Å². The van der Waals surface area contributed by atoms with Gasteiger partial charge in [-0.15, -0.1) is 6.58 Å². The van der Waals surface area contributed by atoms with Crippen LogP contribution in [0.2, 0.25) is 5.04 Å². The van der Waals surface area contributed by atoms with Crippen LogP contribution >= 0.6 is 0 Å². The van der Waals surface area contributed by atoms with Crippen LogP contribution in [0.5, 0.6) is 0 Å². The van der Waals surface area contributed by atoms with Crippen LogP contribution in [-0.4, -0.2) is 41.3 Å². The van der Waals surface area contributed by atoms with Crippen molar-refractivity contribution in [3.05, 3.63) is 106 Å². The fourth-order valence-corrected chi connectivity index (χ4v) is 9.69. The van der Waals surface area contributed by atoms with E-state index in [1.54, 1.807) is 13.0 Å². The predicted octanol–water partition coefficient (Wildman–Crippen LogP) is 2.63. The van der Waals surface area contributed by atoms with Crippen molar-refractivity contribution in [2.75, 3.05) is 6.61 Å². The van der Waals surface area contributed by atoms with Crippen molar-refractivity contribution in [3.63, 3.8) is 0 Å². The molecule has 0 bridgehead atoms. The summed E-state index contributed by atoms with van der Waals surface area (Å²) >= 11 is 0. The maximum atomic E-state index is 12.5. The Morgan fingerprint density at radius 1 is 1.14 bits per heavy atom. The molecule has 1 fully saturated rings. The van der Waals surface area contributed by atoms with Crippen molar-refractivity contribution in [1.29, 1.82) is 0 Å². The summed E-state index contributed by atoms with van der Waals surface area (Å²) in [6, 6.07) is 20.4. The lowest BCUT2D eigenvalue weighted by atomic mass is 9.98. The summed E-state index contributed by atoms with van der Waals surface area (Å²) in [5, 5.41) is 13.1. The Morgan fingerprint density at radius 2 is 1.69 bits per heavy atom. The second-order valence-corrected chi connectivity index (χ2v) is 14.7. The molecule has 1 aliphatic rings. The van der Waals surface area contributed by atoms with Crippen LogP contribution in [0.3, 0.4) is 0 Å². The van der Waals surface area contributed by atoms with Crippen molar-refractivity contribution in [2.24, 2.45) is 0 Å². The molecule has 190 valence electrons. The van der Waals surface area contributed by atoms with E-state index in [1.165, 1.54) is 10.8 Å². The molecule has 3 atom stereocenters. The van der Waals surface area contributed by atoms with Gasteiger partial charge in [0.1, 0.15) is 11.8 Å². The quantitative estimate of drug-likeness (QED) is 0.380. The lowest BCUT2D eigenvalue weighted by Gasteiger charge is -2.45. The zero-order valence-electron chi connectivity index (χ0n) is 21.2. The molecular formula is C28H34N2O5Si. The van der Waals surface area contributed by atoms with E-state index in [0.717, 1.165) is 10.4 Å². The number of aliphatic hydroxyl groups is 1. The van der Waals surface area contributed by atoms with Crippen LogP contribution in [0, 0.1) is 6.92 Å². The number of hydrogen-bond acceptors (Lipinski definition) is 5. The van der Waals surface area contributed by atoms with E-state index < -0.39 is 37.5 Å². The van der Waals surface area contributed by atoms with Gasteiger partial charge in [-0.3, -0.25) is 14.3 Å². The van der Waals surface area contributed by atoms with Crippen molar-refractivity contribution in [2.45, 2.75) is 57.1 Å². The Morgan fingerprint density at radius 3 is 2.19 bits per heavy atom. The third-order valence-corrected chi connectivity index (χ3v) is 12.1. The maximum absolute atomic E-state index is 12.5. The van der Waals surface area contributed by atoms with Crippen molar-refractivity contribution in [1.82, 2.24) is 9.55 Å². The average Bonchev–Trinajstić information content (AvgIpc) is 3.18. The molecule has 3 aromatic rings. The molecule has 1 saturated heterocycles. The normalized spacial score (nSPS) is 22.5. The van der Waals surface area contributed by atoms with Gasteiger partial charge in [-0.1, -0.05) is 87.5 Å². The van der Waals surface area contributed by atoms with Gasteiger partial charge in [-0.25, -0.2) is 4.79 Å². The summed E-state index contributed by atoms with van der Waals surface area (Å²) in [5.41, 5.74) is -1.89. The summed E-state index contributed by atoms with van der Waals surface area (Å²) in [6.45, 7) is 12.2. The van der Waals surface area contributed by atoms with Crippen molar-refractivity contribution < 1.29 is 14.3 Å². The molecule has 0 aliphatic carbocycles. The van der Waals surface area contributed by atoms with E-state index in [1.807, 2.05) is 36.4 Å². The fraction of sp³-hybridized carbons (Fsp3) is 0.357. The highest BCUT2D eigenvalue weighted by molar-refractivity contribution is 6.99. The van der Waals surface area contributed by atoms with Crippen LogP contribution in [0.25, 0.3) is 0 Å². The smallest absolute Gasteiger partial charge is 0.330 e. The lowest BCUT2D eigenvalue weighted by Crippen LogP contribution is -2.68. The maximum Gasteiger partial charge on any atom is 0.330 e. The number of ether oxygens (including phenoxy) is 1. The van der Waals surface area contributed by atoms with Gasteiger partial charge >= 0.3 is 5.69 Å². The summed E-state index contributed by atoms with van der Waals surface area (Å²) in [6.07, 6.45) is 1.45. The molecule has 36 heavy (non-hydrogen) atoms. The Hall–Kier alpha value is -3.04. The van der Waals surface area contributed by atoms with Gasteiger partial charge < -0.3 is 14.3 Å². The summed E-state index contributed by atoms with van der Waals surface area (Å²) in [4.78, 5) is 26.6. The number of aromatic nitrogens is 2. The second-order valence-electron chi connectivity index (χ2n) is 10.4. The molecule has 7 nitrogen and oxygen atoms in total. The van der Waals surface area contributed by atoms with E-state index in [0.29, 0.717) is 5.56 Å². The number of aryl methyl sites for hydroxylation is 1. The van der Waals surface area contributed by atoms with Gasteiger partial charge in [0.15, 0.2) is 0 Å². The summed E-state index contributed by atoms with van der Waals surface area (Å²) in [5.74, 6) is 0. The van der Waals surface area contributed by atoms with Gasteiger partial charge in [0.25, 0.3) is 13.9 Å². The minimum Gasteiger partial charge on any atom is -0.404 e. The number of aliphatic hydroxyl groups excluding tert-OH is 1. The fourth-order valence-electron chi connectivity index (χ4n) is 5.10. The number of benzene rings is 2. The van der Waals surface area contributed by atoms with E-state index in [2.05, 4.69) is 56.6 Å². The SMILES string of the molecule is C=C[C@]1(CO[Si](c2ccccc2)(c2ccccc2)C(C)(C)C)O[C@@H](n2cc(C)c(=O)[nH]c2=O)C[C@@H]1O. The van der Waals surface area contributed by atoms with Gasteiger partial charge in [-0.2, -0.15) is 0 Å². The molecule has 0 amide bonds. The van der Waals surface area contributed by atoms with Gasteiger partial charge in [0.2, 0.25) is 0 Å². The van der Waals surface area contributed by atoms with Crippen molar-refractivity contribution in [3.8, 4) is 0 Å². The summed E-state index contributed by atoms with van der Waals surface area (Å²) < 4.78 is 14.6. The molecule has 0 saturated carbocycles. The zero-order chi connectivity index (χ0) is 26.1. The molecule has 1 aromatic heterocycles. The Labute approximate surface area is 212 Å². The largest absolute Gasteiger partial charge is 0.404 e. The number of nitrogens with one attached hydrogen (secondary N) is 1. The second kappa shape index (κ2) is 9.78. The predicted molar refractivity (Wildman–Crippen MR) is 143 cm³/mol. The van der Waals surface area contributed by atoms with Crippen LogP contribution in [-0.2, 0) is 9.16 Å². The third kappa shape index (κ3) is 4.46. The molecule has 0 spiro atoms. The number of H-pyrrole nitrogens is 1. The highest BCUT2D eigenvalue weighted by Gasteiger charge is 2.54. The van der Waals surface area contributed by atoms with Gasteiger partial charge in [0, 0.05) is 18.2 Å². The Balaban J connectivity index is 1.75. The highest BCUT2D eigenvalue weighted by atomic mass is 28.4. The minimum absolute atomic E-state index is 0.0541. The van der Waals surface area contributed by atoms with Crippen LogP contribution in [0.4, 0.5) is 0 Å². The topological polar surface area (TPSA) is 93.5 Å². The first-order valence-corrected chi connectivity index (χ1v) is 14.0. The monoisotopic (exact) mass is 506 g/mol. The molecular weight excluding hydrogens is 472 g/mol. The van der Waals surface area contributed by atoms with Crippen molar-refractivity contribution >= 4 is 18.7 Å². The van der Waals surface area contributed by atoms with Crippen LogP contribution in [0.15, 0.2) is 89.1 Å².